The average molecular weight is 277 g/mol. The molecule has 0 atom stereocenters. The predicted molar refractivity (Wildman–Crippen MR) is 73.9 cm³/mol. The molecule has 0 saturated carbocycles. The molecule has 19 heavy (non-hydrogen) atoms. The van der Waals surface area contributed by atoms with E-state index in [1.807, 2.05) is 31.2 Å². The molecule has 0 aromatic heterocycles. The van der Waals surface area contributed by atoms with Gasteiger partial charge in [0, 0.05) is 10.6 Å². The highest BCUT2D eigenvalue weighted by molar-refractivity contribution is 6.30. The molecule has 0 radical (unpaired) electrons. The molecule has 0 fully saturated rings. The fourth-order valence-electron chi connectivity index (χ4n) is 1.67. The van der Waals surface area contributed by atoms with Crippen molar-refractivity contribution in [3.63, 3.8) is 0 Å². The molecule has 3 nitrogen and oxygen atoms in total. The molecule has 0 saturated heterocycles. The molecule has 1 N–H and O–H groups in total. The van der Waals surface area contributed by atoms with Gasteiger partial charge in [0.15, 0.2) is 0 Å². The minimum Gasteiger partial charge on any atom is -0.489 e. The van der Waals surface area contributed by atoms with Crippen LogP contribution in [0.2, 0.25) is 5.02 Å². The lowest BCUT2D eigenvalue weighted by Gasteiger charge is -2.09. The second-order valence-corrected chi connectivity index (χ2v) is 4.64. The minimum atomic E-state index is -1.01. The van der Waals surface area contributed by atoms with Crippen molar-refractivity contribution in [3.8, 4) is 5.75 Å². The molecule has 0 bridgehead atoms. The molecule has 0 heterocycles. The highest BCUT2D eigenvalue weighted by atomic mass is 35.5. The van der Waals surface area contributed by atoms with Crippen LogP contribution in [0.15, 0.2) is 42.5 Å². The fraction of sp³-hybridized carbons (Fsp3) is 0.133. The summed E-state index contributed by atoms with van der Waals surface area (Å²) in [5.74, 6) is -0.304. The van der Waals surface area contributed by atoms with Gasteiger partial charge in [-0.25, -0.2) is 4.79 Å². The van der Waals surface area contributed by atoms with Crippen LogP contribution >= 0.6 is 11.6 Å². The van der Waals surface area contributed by atoms with Crippen LogP contribution < -0.4 is 4.74 Å². The van der Waals surface area contributed by atoms with Gasteiger partial charge in [0.1, 0.15) is 12.4 Å². The van der Waals surface area contributed by atoms with Gasteiger partial charge in [-0.05, 0) is 31.2 Å². The lowest BCUT2D eigenvalue weighted by molar-refractivity contribution is 0.0694. The van der Waals surface area contributed by atoms with Crippen molar-refractivity contribution < 1.29 is 14.6 Å². The lowest BCUT2D eigenvalue weighted by atomic mass is 10.1. The summed E-state index contributed by atoms with van der Waals surface area (Å²) < 4.78 is 5.57. The first-order valence-electron chi connectivity index (χ1n) is 5.77. The molecule has 0 unspecified atom stereocenters. The Morgan fingerprint density at radius 1 is 1.21 bits per heavy atom. The van der Waals surface area contributed by atoms with Crippen molar-refractivity contribution in [1.82, 2.24) is 0 Å². The number of carbonyl (C=O) groups is 1. The third-order valence-electron chi connectivity index (χ3n) is 2.72. The van der Waals surface area contributed by atoms with E-state index in [9.17, 15) is 4.79 Å². The smallest absolute Gasteiger partial charge is 0.336 e. The molecule has 4 heteroatoms. The highest BCUT2D eigenvalue weighted by Gasteiger charge is 2.11. The van der Waals surface area contributed by atoms with E-state index < -0.39 is 5.97 Å². The predicted octanol–water partition coefficient (Wildman–Crippen LogP) is 3.93. The first-order chi connectivity index (χ1) is 9.06. The monoisotopic (exact) mass is 276 g/mol. The van der Waals surface area contributed by atoms with Gasteiger partial charge in [-0.3, -0.25) is 0 Å². The van der Waals surface area contributed by atoms with E-state index in [4.69, 9.17) is 21.4 Å². The molecule has 2 aromatic carbocycles. The number of carboxylic acid groups (broad SMARTS) is 1. The molecule has 2 aromatic rings. The van der Waals surface area contributed by atoms with Gasteiger partial charge in [-0.2, -0.15) is 0 Å². The Morgan fingerprint density at radius 2 is 1.89 bits per heavy atom. The first-order valence-corrected chi connectivity index (χ1v) is 6.15. The summed E-state index contributed by atoms with van der Waals surface area (Å²) in [5.41, 5.74) is 1.90. The average Bonchev–Trinajstić information content (AvgIpc) is 2.39. The summed E-state index contributed by atoms with van der Waals surface area (Å²) in [6.45, 7) is 2.19. The van der Waals surface area contributed by atoms with Crippen molar-refractivity contribution in [2.24, 2.45) is 0 Å². The zero-order valence-corrected chi connectivity index (χ0v) is 11.1. The maximum Gasteiger partial charge on any atom is 0.336 e. The van der Waals surface area contributed by atoms with E-state index in [-0.39, 0.29) is 12.2 Å². The molecule has 2 rings (SSSR count). The molecule has 0 spiro atoms. The van der Waals surface area contributed by atoms with E-state index in [2.05, 4.69) is 0 Å². The summed E-state index contributed by atoms with van der Waals surface area (Å²) in [4.78, 5) is 11.1. The molecule has 0 amide bonds. The Hall–Kier alpha value is -2.00. The normalized spacial score (nSPS) is 10.2. The van der Waals surface area contributed by atoms with Gasteiger partial charge in [0.05, 0.1) is 5.56 Å². The number of aromatic carboxylic acids is 1. The number of hydrogen-bond acceptors (Lipinski definition) is 2. The Balaban J connectivity index is 2.15. The van der Waals surface area contributed by atoms with Crippen LogP contribution in [0.1, 0.15) is 21.5 Å². The van der Waals surface area contributed by atoms with E-state index in [1.54, 1.807) is 12.1 Å². The zero-order chi connectivity index (χ0) is 13.8. The molecule has 0 aliphatic heterocycles. The molecule has 0 aliphatic rings. The standard InChI is InChI=1S/C15H13ClO3/c1-10-2-6-13(7-3-10)19-9-11-4-5-12(16)8-14(11)15(17)18/h2-8H,9H2,1H3,(H,17,18). The van der Waals surface area contributed by atoms with Crippen LogP contribution in [0, 0.1) is 6.92 Å². The SMILES string of the molecule is Cc1ccc(OCc2ccc(Cl)cc2C(=O)O)cc1. The largest absolute Gasteiger partial charge is 0.489 e. The van der Waals surface area contributed by atoms with Crippen molar-refractivity contribution in [2.75, 3.05) is 0 Å². The number of halogens is 1. The van der Waals surface area contributed by atoms with Crippen molar-refractivity contribution in [3.05, 3.63) is 64.2 Å². The van der Waals surface area contributed by atoms with Crippen molar-refractivity contribution in [1.29, 1.82) is 0 Å². The Kier molecular flexibility index (Phi) is 4.07. The van der Waals surface area contributed by atoms with Gasteiger partial charge in [0.25, 0.3) is 0 Å². The maximum atomic E-state index is 11.1. The summed E-state index contributed by atoms with van der Waals surface area (Å²) in [5, 5.41) is 9.51. The zero-order valence-electron chi connectivity index (χ0n) is 10.4. The third kappa shape index (κ3) is 3.48. The number of carboxylic acids is 1. The van der Waals surface area contributed by atoms with Crippen LogP contribution in [-0.4, -0.2) is 11.1 Å². The number of benzene rings is 2. The molecular weight excluding hydrogens is 264 g/mol. The lowest BCUT2D eigenvalue weighted by Crippen LogP contribution is -2.05. The summed E-state index contributed by atoms with van der Waals surface area (Å²) in [6, 6.07) is 12.3. The molecular formula is C15H13ClO3. The number of hydrogen-bond donors (Lipinski definition) is 1. The van der Waals surface area contributed by atoms with E-state index in [0.29, 0.717) is 16.3 Å². The highest BCUT2D eigenvalue weighted by Crippen LogP contribution is 2.19. The van der Waals surface area contributed by atoms with Crippen LogP contribution in [0.4, 0.5) is 0 Å². The quantitative estimate of drug-likeness (QED) is 0.920. The third-order valence-corrected chi connectivity index (χ3v) is 2.95. The van der Waals surface area contributed by atoms with Gasteiger partial charge in [-0.1, -0.05) is 35.4 Å². The summed E-state index contributed by atoms with van der Waals surface area (Å²) in [7, 11) is 0. The Bertz CT molecular complexity index is 591. The van der Waals surface area contributed by atoms with Gasteiger partial charge in [0.2, 0.25) is 0 Å². The van der Waals surface area contributed by atoms with E-state index >= 15 is 0 Å². The number of rotatable bonds is 4. The van der Waals surface area contributed by atoms with Gasteiger partial charge < -0.3 is 9.84 Å². The van der Waals surface area contributed by atoms with Gasteiger partial charge in [-0.15, -0.1) is 0 Å². The topological polar surface area (TPSA) is 46.5 Å². The van der Waals surface area contributed by atoms with Crippen LogP contribution in [-0.2, 0) is 6.61 Å². The summed E-state index contributed by atoms with van der Waals surface area (Å²) >= 11 is 5.79. The summed E-state index contributed by atoms with van der Waals surface area (Å²) in [6.07, 6.45) is 0. The Labute approximate surface area is 116 Å². The van der Waals surface area contributed by atoms with Crippen molar-refractivity contribution in [2.45, 2.75) is 13.5 Å². The van der Waals surface area contributed by atoms with Crippen LogP contribution in [0.5, 0.6) is 5.75 Å². The van der Waals surface area contributed by atoms with Gasteiger partial charge >= 0.3 is 5.97 Å². The molecule has 98 valence electrons. The number of ether oxygens (including phenoxy) is 1. The first kappa shape index (κ1) is 13.4. The minimum absolute atomic E-state index is 0.166. The number of aryl methyl sites for hydroxylation is 1. The van der Waals surface area contributed by atoms with E-state index in [0.717, 1.165) is 5.56 Å². The maximum absolute atomic E-state index is 11.1. The second kappa shape index (κ2) is 5.76. The molecule has 0 aliphatic carbocycles. The van der Waals surface area contributed by atoms with Crippen LogP contribution in [0.3, 0.4) is 0 Å². The van der Waals surface area contributed by atoms with Crippen molar-refractivity contribution >= 4 is 17.6 Å². The fourth-order valence-corrected chi connectivity index (χ4v) is 1.84. The van der Waals surface area contributed by atoms with Crippen LogP contribution in [0.25, 0.3) is 0 Å². The Morgan fingerprint density at radius 3 is 2.53 bits per heavy atom. The van der Waals surface area contributed by atoms with E-state index in [1.165, 1.54) is 6.07 Å². The second-order valence-electron chi connectivity index (χ2n) is 4.21.